The molecule has 0 spiro atoms. The molecule has 0 saturated carbocycles. The Kier molecular flexibility index (Phi) is 76.0. The van der Waals surface area contributed by atoms with Gasteiger partial charge in [-0.3, -0.25) is 0 Å². The standard InChI is InChI=1S/4C16H34O.Zr/c4*1-5-9-11-15(7-3)13-17-14-16(8-4)12-10-6-2;/h4*15-16H,5-14H2,1-4H3;. The minimum absolute atomic E-state index is 0. The molecule has 0 N–H and O–H groups in total. The summed E-state index contributed by atoms with van der Waals surface area (Å²) < 4.78 is 23.7. The Morgan fingerprint density at radius 1 is 0.188 bits per heavy atom. The minimum atomic E-state index is 0. The van der Waals surface area contributed by atoms with Crippen LogP contribution >= 0.6 is 0 Å². The van der Waals surface area contributed by atoms with E-state index in [0.717, 1.165) is 100 Å². The van der Waals surface area contributed by atoms with Gasteiger partial charge in [-0.2, -0.15) is 0 Å². The van der Waals surface area contributed by atoms with Gasteiger partial charge in [0, 0.05) is 79.1 Å². The smallest absolute Gasteiger partial charge is 0.0494 e. The molecule has 0 aliphatic rings. The van der Waals surface area contributed by atoms with Gasteiger partial charge < -0.3 is 18.9 Å². The maximum atomic E-state index is 5.93. The van der Waals surface area contributed by atoms with Gasteiger partial charge in [0.25, 0.3) is 0 Å². The summed E-state index contributed by atoms with van der Waals surface area (Å²) in [5.74, 6) is 6.32. The Labute approximate surface area is 458 Å². The van der Waals surface area contributed by atoms with E-state index in [-0.39, 0.29) is 26.2 Å². The van der Waals surface area contributed by atoms with Crippen LogP contribution in [0.2, 0.25) is 0 Å². The second-order valence-corrected chi connectivity index (χ2v) is 21.5. The zero-order chi connectivity index (χ0) is 51.7. The zero-order valence-electron chi connectivity index (χ0n) is 51.0. The van der Waals surface area contributed by atoms with Crippen molar-refractivity contribution < 1.29 is 45.2 Å². The van der Waals surface area contributed by atoms with Gasteiger partial charge in [-0.15, -0.1) is 0 Å². The van der Waals surface area contributed by atoms with E-state index < -0.39 is 0 Å². The van der Waals surface area contributed by atoms with E-state index in [1.165, 1.54) is 205 Å². The van der Waals surface area contributed by atoms with Crippen molar-refractivity contribution in [2.45, 2.75) is 316 Å². The Balaban J connectivity index is -0.000000263. The Hall–Kier alpha value is 0.723. The molecule has 69 heavy (non-hydrogen) atoms. The van der Waals surface area contributed by atoms with E-state index in [0.29, 0.717) is 0 Å². The molecule has 0 aromatic heterocycles. The predicted molar refractivity (Wildman–Crippen MR) is 310 cm³/mol. The van der Waals surface area contributed by atoms with Gasteiger partial charge >= 0.3 is 0 Å². The fourth-order valence-electron chi connectivity index (χ4n) is 8.79. The number of ether oxygens (including phenoxy) is 4. The van der Waals surface area contributed by atoms with Crippen LogP contribution < -0.4 is 0 Å². The van der Waals surface area contributed by atoms with Gasteiger partial charge in [-0.25, -0.2) is 0 Å². The number of hydrogen-bond donors (Lipinski definition) is 0. The summed E-state index contributed by atoms with van der Waals surface area (Å²) in [6, 6.07) is 0. The SMILES string of the molecule is CCCCC(CC)COCC(CC)CCCC.CCCCC(CC)COCC(CC)CCCC.CCCCC(CC)COCC(CC)CCCC.CCCCC(CC)COCC(CC)CCCC.[Zr]. The zero-order valence-corrected chi connectivity index (χ0v) is 53.5. The molecule has 0 aliphatic heterocycles. The number of unbranched alkanes of at least 4 members (excludes halogenated alkanes) is 8. The molecule has 0 aromatic carbocycles. The van der Waals surface area contributed by atoms with Crippen molar-refractivity contribution in [1.29, 1.82) is 0 Å². The Morgan fingerprint density at radius 2 is 0.290 bits per heavy atom. The monoisotopic (exact) mass is 1060 g/mol. The molecule has 0 radical (unpaired) electrons. The summed E-state index contributed by atoms with van der Waals surface area (Å²) in [7, 11) is 0. The van der Waals surface area contributed by atoms with Crippen LogP contribution in [0.1, 0.15) is 316 Å². The first-order chi connectivity index (χ1) is 33.1. The minimum Gasteiger partial charge on any atom is -0.381 e. The van der Waals surface area contributed by atoms with Gasteiger partial charge in [0.2, 0.25) is 0 Å². The fourth-order valence-corrected chi connectivity index (χ4v) is 8.79. The molecule has 0 saturated heterocycles. The summed E-state index contributed by atoms with van der Waals surface area (Å²) in [6.45, 7) is 44.4. The largest absolute Gasteiger partial charge is 0.381 e. The third kappa shape index (κ3) is 57.9. The topological polar surface area (TPSA) is 36.9 Å². The van der Waals surface area contributed by atoms with Gasteiger partial charge in [-0.05, 0) is 98.7 Å². The van der Waals surface area contributed by atoms with Crippen LogP contribution in [0.25, 0.3) is 0 Å². The average Bonchev–Trinajstić information content (AvgIpc) is 3.37. The molecular formula is C64H136O4Zr. The number of rotatable bonds is 48. The summed E-state index contributed by atoms with van der Waals surface area (Å²) in [6.07, 6.45) is 42.3. The summed E-state index contributed by atoms with van der Waals surface area (Å²) >= 11 is 0. The first kappa shape index (κ1) is 78.6. The van der Waals surface area contributed by atoms with Crippen molar-refractivity contribution >= 4 is 0 Å². The van der Waals surface area contributed by atoms with Crippen LogP contribution in [0.5, 0.6) is 0 Å². The number of hydrogen-bond acceptors (Lipinski definition) is 4. The predicted octanol–water partition coefficient (Wildman–Crippen LogP) is 21.7. The van der Waals surface area contributed by atoms with Gasteiger partial charge in [-0.1, -0.05) is 265 Å². The van der Waals surface area contributed by atoms with Crippen LogP contribution in [0, 0.1) is 47.3 Å². The van der Waals surface area contributed by atoms with E-state index in [4.69, 9.17) is 18.9 Å². The van der Waals surface area contributed by atoms with Gasteiger partial charge in [0.1, 0.15) is 0 Å². The molecule has 0 amide bonds. The van der Waals surface area contributed by atoms with Gasteiger partial charge in [0.15, 0.2) is 0 Å². The summed E-state index contributed by atoms with van der Waals surface area (Å²) in [4.78, 5) is 0. The summed E-state index contributed by atoms with van der Waals surface area (Å²) in [5.41, 5.74) is 0. The van der Waals surface area contributed by atoms with E-state index in [2.05, 4.69) is 111 Å². The van der Waals surface area contributed by atoms with Crippen molar-refractivity contribution in [2.75, 3.05) is 52.9 Å². The first-order valence-electron chi connectivity index (χ1n) is 31.4. The van der Waals surface area contributed by atoms with Crippen molar-refractivity contribution in [3.8, 4) is 0 Å². The van der Waals surface area contributed by atoms with E-state index in [1.54, 1.807) is 0 Å². The first-order valence-corrected chi connectivity index (χ1v) is 31.4. The molecule has 0 heterocycles. The third-order valence-electron chi connectivity index (χ3n) is 15.2. The average molecular weight is 1060 g/mol. The molecule has 0 aliphatic carbocycles. The van der Waals surface area contributed by atoms with Crippen molar-refractivity contribution in [3.05, 3.63) is 0 Å². The molecule has 420 valence electrons. The molecular weight excluding hydrogens is 924 g/mol. The van der Waals surface area contributed by atoms with E-state index >= 15 is 0 Å². The van der Waals surface area contributed by atoms with Crippen LogP contribution in [0.3, 0.4) is 0 Å². The third-order valence-corrected chi connectivity index (χ3v) is 15.2. The molecule has 0 aromatic rings. The van der Waals surface area contributed by atoms with Crippen LogP contribution in [-0.4, -0.2) is 52.9 Å². The van der Waals surface area contributed by atoms with Crippen LogP contribution in [-0.2, 0) is 45.2 Å². The second kappa shape index (κ2) is 66.7. The molecule has 8 unspecified atom stereocenters. The van der Waals surface area contributed by atoms with E-state index in [9.17, 15) is 0 Å². The Bertz CT molecular complexity index is 657. The quantitative estimate of drug-likeness (QED) is 0.0609. The van der Waals surface area contributed by atoms with Crippen molar-refractivity contribution in [2.24, 2.45) is 47.3 Å². The van der Waals surface area contributed by atoms with Crippen LogP contribution in [0.4, 0.5) is 0 Å². The Morgan fingerprint density at radius 3 is 0.362 bits per heavy atom. The maximum Gasteiger partial charge on any atom is 0.0494 e. The van der Waals surface area contributed by atoms with Crippen molar-refractivity contribution in [1.82, 2.24) is 0 Å². The molecule has 8 atom stereocenters. The molecule has 0 bridgehead atoms. The second-order valence-electron chi connectivity index (χ2n) is 21.5. The molecule has 0 rings (SSSR count). The van der Waals surface area contributed by atoms with E-state index in [1.807, 2.05) is 0 Å². The molecule has 5 heteroatoms. The summed E-state index contributed by atoms with van der Waals surface area (Å²) in [5, 5.41) is 0. The normalized spacial score (nSPS) is 14.6. The fraction of sp³-hybridized carbons (Fsp3) is 1.00. The van der Waals surface area contributed by atoms with Gasteiger partial charge in [0.05, 0.1) is 0 Å². The molecule has 4 nitrogen and oxygen atoms in total. The van der Waals surface area contributed by atoms with Crippen molar-refractivity contribution in [3.63, 3.8) is 0 Å². The van der Waals surface area contributed by atoms with Crippen LogP contribution in [0.15, 0.2) is 0 Å². The maximum absolute atomic E-state index is 5.93. The molecule has 0 fully saturated rings.